The Kier molecular flexibility index (Phi) is 4.53. The number of rotatable bonds is 5. The molecule has 0 saturated carbocycles. The van der Waals surface area contributed by atoms with Crippen molar-refractivity contribution in [1.82, 2.24) is 9.97 Å². The quantitative estimate of drug-likeness (QED) is 0.744. The van der Waals surface area contributed by atoms with Crippen molar-refractivity contribution in [3.05, 3.63) is 18.0 Å². The lowest BCUT2D eigenvalue weighted by molar-refractivity contribution is 0.0519. The molecule has 1 heterocycles. The summed E-state index contributed by atoms with van der Waals surface area (Å²) in [5, 5.41) is 3.00. The minimum atomic E-state index is -0.417. The molecule has 0 radical (unpaired) electrons. The fraction of sp³-hybridized carbons (Fsp3) is 0.500. The van der Waals surface area contributed by atoms with Gasteiger partial charge in [-0.15, -0.1) is 0 Å². The minimum absolute atomic E-state index is 0.283. The first-order chi connectivity index (χ1) is 7.27. The number of hydrogen-bond donors (Lipinski definition) is 1. The minimum Gasteiger partial charge on any atom is -0.461 e. The number of carbonyl (C=O) groups excluding carboxylic acids is 1. The van der Waals surface area contributed by atoms with Gasteiger partial charge in [-0.1, -0.05) is 6.92 Å². The lowest BCUT2D eigenvalue weighted by Crippen LogP contribution is -2.10. The zero-order chi connectivity index (χ0) is 11.1. The van der Waals surface area contributed by atoms with E-state index in [0.717, 1.165) is 13.0 Å². The Morgan fingerprint density at radius 3 is 3.00 bits per heavy atom. The van der Waals surface area contributed by atoms with Crippen LogP contribution < -0.4 is 5.32 Å². The van der Waals surface area contributed by atoms with E-state index in [9.17, 15) is 4.79 Å². The molecule has 0 unspecified atom stereocenters. The summed E-state index contributed by atoms with van der Waals surface area (Å²) in [6, 6.07) is 1.54. The number of carbonyl (C=O) groups is 1. The van der Waals surface area contributed by atoms with E-state index in [4.69, 9.17) is 4.74 Å². The molecular weight excluding hydrogens is 194 g/mol. The number of hydrogen-bond acceptors (Lipinski definition) is 5. The zero-order valence-electron chi connectivity index (χ0n) is 8.99. The Hall–Kier alpha value is -1.65. The van der Waals surface area contributed by atoms with Crippen LogP contribution >= 0.6 is 0 Å². The van der Waals surface area contributed by atoms with Crippen LogP contribution in [0.5, 0.6) is 0 Å². The van der Waals surface area contributed by atoms with Crippen LogP contribution in [0.1, 0.15) is 30.8 Å². The summed E-state index contributed by atoms with van der Waals surface area (Å²) in [7, 11) is 0. The average Bonchev–Trinajstić information content (AvgIpc) is 2.27. The second-order valence-corrected chi connectivity index (χ2v) is 2.91. The SMILES string of the molecule is CCCNc1nccc(C(=O)OCC)n1. The monoisotopic (exact) mass is 209 g/mol. The van der Waals surface area contributed by atoms with Gasteiger partial charge in [0, 0.05) is 12.7 Å². The Morgan fingerprint density at radius 1 is 1.53 bits per heavy atom. The van der Waals surface area contributed by atoms with E-state index >= 15 is 0 Å². The van der Waals surface area contributed by atoms with Crippen LogP contribution in [0, 0.1) is 0 Å². The first-order valence-electron chi connectivity index (χ1n) is 5.02. The van der Waals surface area contributed by atoms with Crippen LogP contribution in [0.25, 0.3) is 0 Å². The number of nitrogens with one attached hydrogen (secondary N) is 1. The lowest BCUT2D eigenvalue weighted by Gasteiger charge is -2.04. The molecule has 0 aromatic carbocycles. The first kappa shape index (κ1) is 11.4. The number of nitrogens with zero attached hydrogens (tertiary/aromatic N) is 2. The third kappa shape index (κ3) is 3.53. The molecule has 0 fully saturated rings. The lowest BCUT2D eigenvalue weighted by atomic mass is 10.4. The van der Waals surface area contributed by atoms with Crippen molar-refractivity contribution in [1.29, 1.82) is 0 Å². The average molecular weight is 209 g/mol. The van der Waals surface area contributed by atoms with Crippen LogP contribution in [0.4, 0.5) is 5.95 Å². The van der Waals surface area contributed by atoms with Gasteiger partial charge >= 0.3 is 5.97 Å². The van der Waals surface area contributed by atoms with Gasteiger partial charge in [-0.05, 0) is 19.4 Å². The zero-order valence-corrected chi connectivity index (χ0v) is 8.99. The molecule has 5 nitrogen and oxygen atoms in total. The Bertz CT molecular complexity index is 328. The molecular formula is C10H15N3O2. The molecule has 0 aliphatic heterocycles. The van der Waals surface area contributed by atoms with Gasteiger partial charge in [0.05, 0.1) is 6.61 Å². The molecule has 0 aliphatic carbocycles. The van der Waals surface area contributed by atoms with Gasteiger partial charge in [0.15, 0.2) is 5.69 Å². The van der Waals surface area contributed by atoms with Crippen LogP contribution in [-0.4, -0.2) is 29.1 Å². The van der Waals surface area contributed by atoms with Crippen molar-refractivity contribution in [2.75, 3.05) is 18.5 Å². The highest BCUT2D eigenvalue weighted by Gasteiger charge is 2.08. The molecule has 82 valence electrons. The maximum atomic E-state index is 11.3. The van der Waals surface area contributed by atoms with Crippen LogP contribution in [0.2, 0.25) is 0 Å². The van der Waals surface area contributed by atoms with Crippen molar-refractivity contribution in [3.63, 3.8) is 0 Å². The standard InChI is InChI=1S/C10H15N3O2/c1-3-6-11-10-12-7-5-8(13-10)9(14)15-4-2/h5,7H,3-4,6H2,1-2H3,(H,11,12,13). The van der Waals surface area contributed by atoms with Gasteiger partial charge in [-0.2, -0.15) is 0 Å². The van der Waals surface area contributed by atoms with E-state index in [1.807, 2.05) is 6.92 Å². The fourth-order valence-electron chi connectivity index (χ4n) is 0.999. The van der Waals surface area contributed by atoms with Crippen molar-refractivity contribution in [3.8, 4) is 0 Å². The van der Waals surface area contributed by atoms with Gasteiger partial charge in [-0.25, -0.2) is 14.8 Å². The highest BCUT2D eigenvalue weighted by molar-refractivity contribution is 5.87. The molecule has 0 atom stereocenters. The maximum absolute atomic E-state index is 11.3. The molecule has 0 amide bonds. The number of aromatic nitrogens is 2. The topological polar surface area (TPSA) is 64.1 Å². The molecule has 15 heavy (non-hydrogen) atoms. The summed E-state index contributed by atoms with van der Waals surface area (Å²) in [6.07, 6.45) is 2.52. The van der Waals surface area contributed by atoms with Crippen molar-refractivity contribution >= 4 is 11.9 Å². The predicted molar refractivity (Wildman–Crippen MR) is 56.8 cm³/mol. The normalized spacial score (nSPS) is 9.73. The van der Waals surface area contributed by atoms with Gasteiger partial charge in [0.25, 0.3) is 0 Å². The van der Waals surface area contributed by atoms with Crippen molar-refractivity contribution in [2.24, 2.45) is 0 Å². The van der Waals surface area contributed by atoms with E-state index in [1.165, 1.54) is 12.3 Å². The summed E-state index contributed by atoms with van der Waals surface area (Å²) in [5.41, 5.74) is 0.283. The summed E-state index contributed by atoms with van der Waals surface area (Å²) in [5.74, 6) is 0.0434. The summed E-state index contributed by atoms with van der Waals surface area (Å²) in [6.45, 7) is 4.93. The second-order valence-electron chi connectivity index (χ2n) is 2.91. The van der Waals surface area contributed by atoms with Crippen LogP contribution in [0.3, 0.4) is 0 Å². The smallest absolute Gasteiger partial charge is 0.357 e. The van der Waals surface area contributed by atoms with E-state index in [2.05, 4.69) is 15.3 Å². The van der Waals surface area contributed by atoms with E-state index in [0.29, 0.717) is 12.6 Å². The predicted octanol–water partition coefficient (Wildman–Crippen LogP) is 1.48. The molecule has 0 saturated heterocycles. The molecule has 1 N–H and O–H groups in total. The van der Waals surface area contributed by atoms with Crippen LogP contribution in [0.15, 0.2) is 12.3 Å². The van der Waals surface area contributed by atoms with E-state index in [1.54, 1.807) is 6.92 Å². The van der Waals surface area contributed by atoms with Crippen molar-refractivity contribution < 1.29 is 9.53 Å². The summed E-state index contributed by atoms with van der Waals surface area (Å²) in [4.78, 5) is 19.4. The van der Waals surface area contributed by atoms with Crippen LogP contribution in [-0.2, 0) is 4.74 Å². The Labute approximate surface area is 88.9 Å². The summed E-state index contributed by atoms with van der Waals surface area (Å²) >= 11 is 0. The van der Waals surface area contributed by atoms with Gasteiger partial charge in [0.2, 0.25) is 5.95 Å². The van der Waals surface area contributed by atoms with Gasteiger partial charge < -0.3 is 10.1 Å². The largest absolute Gasteiger partial charge is 0.461 e. The van der Waals surface area contributed by atoms with E-state index in [-0.39, 0.29) is 5.69 Å². The van der Waals surface area contributed by atoms with E-state index < -0.39 is 5.97 Å². The molecule has 0 aliphatic rings. The molecule has 0 spiro atoms. The molecule has 1 aromatic rings. The van der Waals surface area contributed by atoms with Gasteiger partial charge in [-0.3, -0.25) is 0 Å². The number of anilines is 1. The highest BCUT2D eigenvalue weighted by Crippen LogP contribution is 2.02. The third-order valence-electron chi connectivity index (χ3n) is 1.67. The maximum Gasteiger partial charge on any atom is 0.357 e. The Morgan fingerprint density at radius 2 is 2.33 bits per heavy atom. The third-order valence-corrected chi connectivity index (χ3v) is 1.67. The highest BCUT2D eigenvalue weighted by atomic mass is 16.5. The molecule has 1 aromatic heterocycles. The first-order valence-corrected chi connectivity index (χ1v) is 5.02. The number of ether oxygens (including phenoxy) is 1. The molecule has 5 heteroatoms. The Balaban J connectivity index is 2.69. The van der Waals surface area contributed by atoms with Crippen molar-refractivity contribution in [2.45, 2.75) is 20.3 Å². The fourth-order valence-corrected chi connectivity index (χ4v) is 0.999. The molecule has 1 rings (SSSR count). The van der Waals surface area contributed by atoms with Gasteiger partial charge in [0.1, 0.15) is 0 Å². The number of esters is 1. The second kappa shape index (κ2) is 5.95. The molecule has 0 bridgehead atoms. The summed E-state index contributed by atoms with van der Waals surface area (Å²) < 4.78 is 4.83.